The Balaban J connectivity index is 1.70. The molecule has 1 aromatic rings. The van der Waals surface area contributed by atoms with Crippen LogP contribution < -0.4 is 5.32 Å². The zero-order chi connectivity index (χ0) is 22.5. The van der Waals surface area contributed by atoms with Gasteiger partial charge in [-0.05, 0) is 57.5 Å². The summed E-state index contributed by atoms with van der Waals surface area (Å²) in [7, 11) is 4.06. The first-order valence-corrected chi connectivity index (χ1v) is 11.4. The third-order valence-corrected chi connectivity index (χ3v) is 6.90. The van der Waals surface area contributed by atoms with Crippen LogP contribution in [-0.2, 0) is 29.2 Å². The Bertz CT molecular complexity index is 700. The van der Waals surface area contributed by atoms with Gasteiger partial charge in [0.2, 0.25) is 0 Å². The van der Waals surface area contributed by atoms with Crippen molar-refractivity contribution in [3.63, 3.8) is 0 Å². The van der Waals surface area contributed by atoms with Gasteiger partial charge in [-0.15, -0.1) is 0 Å². The predicted octanol–water partition coefficient (Wildman–Crippen LogP) is 3.70. The normalized spacial score (nSPS) is 24.5. The Morgan fingerprint density at radius 3 is 2.71 bits per heavy atom. The monoisotopic (exact) mass is 446 g/mol. The Morgan fingerprint density at radius 2 is 2.06 bits per heavy atom. The first kappa shape index (κ1) is 24.5. The lowest BCUT2D eigenvalue weighted by molar-refractivity contribution is -0.182. The summed E-state index contributed by atoms with van der Waals surface area (Å²) in [6.07, 6.45) is 0.243. The van der Waals surface area contributed by atoms with Gasteiger partial charge in [0, 0.05) is 25.2 Å². The fraction of sp³-hybridized carbons (Fsp3) is 0.864. The molecular weight excluding hydrogens is 409 g/mol. The van der Waals surface area contributed by atoms with Crippen LogP contribution in [-0.4, -0.2) is 67.9 Å². The van der Waals surface area contributed by atoms with Crippen molar-refractivity contribution in [3.8, 4) is 0 Å². The average Bonchev–Trinajstić information content (AvgIpc) is 3.09. The summed E-state index contributed by atoms with van der Waals surface area (Å²) in [6.45, 7) is 5.80. The van der Waals surface area contributed by atoms with Gasteiger partial charge in [-0.25, -0.2) is 0 Å². The maximum atomic E-state index is 12.5. The molecule has 0 aromatic carbocycles. The molecule has 1 aliphatic carbocycles. The van der Waals surface area contributed by atoms with E-state index >= 15 is 0 Å². The van der Waals surface area contributed by atoms with Gasteiger partial charge in [0.1, 0.15) is 6.61 Å². The molecular formula is C22H37F3N4O2. The first-order valence-electron chi connectivity index (χ1n) is 11.4. The molecule has 1 aromatic heterocycles. The molecule has 0 saturated heterocycles. The highest BCUT2D eigenvalue weighted by Crippen LogP contribution is 2.47. The molecule has 178 valence electrons. The molecule has 0 spiro atoms. The first-order chi connectivity index (χ1) is 14.8. The maximum Gasteiger partial charge on any atom is 0.411 e. The highest BCUT2D eigenvalue weighted by Gasteiger charge is 2.38. The number of alkyl halides is 3. The van der Waals surface area contributed by atoms with Crippen molar-refractivity contribution < 1.29 is 22.6 Å². The van der Waals surface area contributed by atoms with Gasteiger partial charge in [0.25, 0.3) is 0 Å². The summed E-state index contributed by atoms with van der Waals surface area (Å²) in [5.74, 6) is 0.375. The molecule has 0 bridgehead atoms. The van der Waals surface area contributed by atoms with Crippen LogP contribution in [0.1, 0.15) is 61.9 Å². The minimum Gasteiger partial charge on any atom is -0.373 e. The fourth-order valence-corrected chi connectivity index (χ4v) is 4.95. The number of ether oxygens (including phenoxy) is 2. The third kappa shape index (κ3) is 6.43. The van der Waals surface area contributed by atoms with Gasteiger partial charge < -0.3 is 14.8 Å². The number of aromatic nitrogens is 2. The summed E-state index contributed by atoms with van der Waals surface area (Å²) in [5, 5.41) is 8.12. The van der Waals surface area contributed by atoms with E-state index in [0.29, 0.717) is 19.1 Å². The Labute approximate surface area is 183 Å². The van der Waals surface area contributed by atoms with E-state index in [-0.39, 0.29) is 12.0 Å². The zero-order valence-corrected chi connectivity index (χ0v) is 19.1. The molecule has 9 heteroatoms. The third-order valence-electron chi connectivity index (χ3n) is 6.90. The number of likely N-dealkylation sites (N-methyl/N-ethyl adjacent to an activating group) is 2. The number of hydrogen-bond acceptors (Lipinski definition) is 5. The summed E-state index contributed by atoms with van der Waals surface area (Å²) in [6, 6.07) is 0. The summed E-state index contributed by atoms with van der Waals surface area (Å²) in [5.41, 5.74) is 3.47. The molecule has 31 heavy (non-hydrogen) atoms. The molecule has 0 amide bonds. The summed E-state index contributed by atoms with van der Waals surface area (Å²) >= 11 is 0. The Kier molecular flexibility index (Phi) is 8.40. The molecule has 0 unspecified atom stereocenters. The second kappa shape index (κ2) is 10.6. The molecule has 1 N–H and O–H groups in total. The van der Waals surface area contributed by atoms with E-state index in [2.05, 4.69) is 28.9 Å². The van der Waals surface area contributed by atoms with Crippen LogP contribution in [0.3, 0.4) is 0 Å². The Hall–Kier alpha value is -1.16. The quantitative estimate of drug-likeness (QED) is 0.594. The van der Waals surface area contributed by atoms with Crippen molar-refractivity contribution in [2.45, 2.75) is 70.8 Å². The van der Waals surface area contributed by atoms with Crippen LogP contribution in [0.4, 0.5) is 13.2 Å². The van der Waals surface area contributed by atoms with Crippen molar-refractivity contribution in [2.24, 2.45) is 5.41 Å². The molecule has 0 radical (unpaired) electrons. The SMILES string of the molecule is CC[C@]1(COCC(F)(F)F)CC[C@H](c2c(CN(C)CCNC)nn3c2COCC3)CC1. The molecule has 1 aliphatic heterocycles. The molecule has 0 atom stereocenters. The van der Waals surface area contributed by atoms with Gasteiger partial charge in [-0.1, -0.05) is 6.92 Å². The number of hydrogen-bond donors (Lipinski definition) is 1. The molecule has 2 aliphatic rings. The molecule has 1 fully saturated rings. The molecule has 2 heterocycles. The van der Waals surface area contributed by atoms with E-state index in [1.165, 1.54) is 11.3 Å². The summed E-state index contributed by atoms with van der Waals surface area (Å²) in [4.78, 5) is 2.28. The average molecular weight is 447 g/mol. The highest BCUT2D eigenvalue weighted by atomic mass is 19.4. The van der Waals surface area contributed by atoms with Gasteiger partial charge in [0.15, 0.2) is 0 Å². The molecule has 3 rings (SSSR count). The number of rotatable bonds is 10. The number of halogens is 3. The Morgan fingerprint density at radius 1 is 1.32 bits per heavy atom. The van der Waals surface area contributed by atoms with Gasteiger partial charge in [-0.2, -0.15) is 18.3 Å². The lowest BCUT2D eigenvalue weighted by Gasteiger charge is -2.40. The van der Waals surface area contributed by atoms with Gasteiger partial charge >= 0.3 is 6.18 Å². The van der Waals surface area contributed by atoms with Crippen LogP contribution in [0, 0.1) is 5.41 Å². The van der Waals surface area contributed by atoms with Crippen LogP contribution in [0.25, 0.3) is 0 Å². The minimum absolute atomic E-state index is 0.158. The van der Waals surface area contributed by atoms with Crippen molar-refractivity contribution in [2.75, 3.05) is 47.0 Å². The van der Waals surface area contributed by atoms with Crippen molar-refractivity contribution >= 4 is 0 Å². The van der Waals surface area contributed by atoms with E-state index in [9.17, 15) is 13.2 Å². The second-order valence-corrected chi connectivity index (χ2v) is 9.16. The molecule has 6 nitrogen and oxygen atoms in total. The number of fused-ring (bicyclic) bond motifs is 1. The number of nitrogens with zero attached hydrogens (tertiary/aromatic N) is 3. The predicted molar refractivity (Wildman–Crippen MR) is 113 cm³/mol. The van der Waals surface area contributed by atoms with E-state index in [0.717, 1.165) is 64.0 Å². The second-order valence-electron chi connectivity index (χ2n) is 9.16. The topological polar surface area (TPSA) is 51.5 Å². The van der Waals surface area contributed by atoms with E-state index in [4.69, 9.17) is 14.6 Å². The molecule has 1 saturated carbocycles. The summed E-state index contributed by atoms with van der Waals surface area (Å²) < 4.78 is 50.5. The van der Waals surface area contributed by atoms with Crippen LogP contribution >= 0.6 is 0 Å². The highest BCUT2D eigenvalue weighted by molar-refractivity contribution is 5.31. The van der Waals surface area contributed by atoms with Crippen LogP contribution in [0.2, 0.25) is 0 Å². The van der Waals surface area contributed by atoms with Crippen LogP contribution in [0.5, 0.6) is 0 Å². The van der Waals surface area contributed by atoms with E-state index < -0.39 is 12.8 Å². The smallest absolute Gasteiger partial charge is 0.373 e. The minimum atomic E-state index is -4.27. The van der Waals surface area contributed by atoms with Crippen molar-refractivity contribution in [1.29, 1.82) is 0 Å². The van der Waals surface area contributed by atoms with E-state index in [1.54, 1.807) is 0 Å². The van der Waals surface area contributed by atoms with Crippen LogP contribution in [0.15, 0.2) is 0 Å². The lowest BCUT2D eigenvalue weighted by atomic mass is 9.67. The zero-order valence-electron chi connectivity index (χ0n) is 19.1. The fourth-order valence-electron chi connectivity index (χ4n) is 4.95. The lowest BCUT2D eigenvalue weighted by Crippen LogP contribution is -2.33. The van der Waals surface area contributed by atoms with E-state index in [1.807, 2.05) is 7.05 Å². The van der Waals surface area contributed by atoms with Crippen molar-refractivity contribution in [1.82, 2.24) is 20.0 Å². The largest absolute Gasteiger partial charge is 0.411 e. The van der Waals surface area contributed by atoms with Gasteiger partial charge in [-0.3, -0.25) is 9.58 Å². The van der Waals surface area contributed by atoms with Crippen molar-refractivity contribution in [3.05, 3.63) is 17.0 Å². The maximum absolute atomic E-state index is 12.5. The standard InChI is InChI=1S/C22H37F3N4O2/c1-4-21(15-31-16-22(23,24)25)7-5-17(6-8-21)20-18(13-28(3)10-9-26-2)27-29-11-12-30-14-19(20)29/h17,26H,4-16H2,1-3H3/t17-,21-. The van der Waals surface area contributed by atoms with Gasteiger partial charge in [0.05, 0.1) is 37.8 Å². The number of nitrogens with one attached hydrogen (secondary N) is 1.